The van der Waals surface area contributed by atoms with Gasteiger partial charge in [-0.15, -0.1) is 0 Å². The minimum atomic E-state index is -0.443. The topological polar surface area (TPSA) is 49.4 Å². The third kappa shape index (κ3) is 3.46. The standard InChI is InChI=1S/C14H17IN2O2/c1-9-7-13(18)16-10(2)14(19)17(9)8-11-3-5-12(15)6-4-11/h3-6,9-10H,7-8H2,1-2H3,(H,16,18). The smallest absolute Gasteiger partial charge is 0.245 e. The van der Waals surface area contributed by atoms with E-state index in [0.717, 1.165) is 5.56 Å². The molecule has 0 spiro atoms. The van der Waals surface area contributed by atoms with Crippen molar-refractivity contribution in [2.75, 3.05) is 0 Å². The van der Waals surface area contributed by atoms with Crippen molar-refractivity contribution in [1.29, 1.82) is 0 Å². The van der Waals surface area contributed by atoms with E-state index in [1.54, 1.807) is 11.8 Å². The number of hydrogen-bond acceptors (Lipinski definition) is 2. The number of hydrogen-bond donors (Lipinski definition) is 1. The van der Waals surface area contributed by atoms with E-state index in [-0.39, 0.29) is 17.9 Å². The molecule has 0 aromatic heterocycles. The third-order valence-electron chi connectivity index (χ3n) is 3.31. The van der Waals surface area contributed by atoms with Crippen LogP contribution in [0, 0.1) is 3.57 Å². The maximum atomic E-state index is 12.3. The van der Waals surface area contributed by atoms with E-state index in [2.05, 4.69) is 27.9 Å². The Bertz CT molecular complexity index is 487. The highest BCUT2D eigenvalue weighted by atomic mass is 127. The van der Waals surface area contributed by atoms with Crippen LogP contribution < -0.4 is 5.32 Å². The molecule has 1 aromatic carbocycles. The molecule has 1 aliphatic rings. The number of carbonyl (C=O) groups is 2. The van der Waals surface area contributed by atoms with E-state index in [4.69, 9.17) is 0 Å². The van der Waals surface area contributed by atoms with E-state index in [1.807, 2.05) is 31.2 Å². The minimum Gasteiger partial charge on any atom is -0.345 e. The summed E-state index contributed by atoms with van der Waals surface area (Å²) < 4.78 is 1.17. The average Bonchev–Trinajstić information content (AvgIpc) is 2.44. The van der Waals surface area contributed by atoms with Crippen LogP contribution in [0.1, 0.15) is 25.8 Å². The Labute approximate surface area is 126 Å². The second-order valence-electron chi connectivity index (χ2n) is 4.93. The van der Waals surface area contributed by atoms with Gasteiger partial charge in [-0.1, -0.05) is 12.1 Å². The van der Waals surface area contributed by atoms with E-state index >= 15 is 0 Å². The summed E-state index contributed by atoms with van der Waals surface area (Å²) in [5.41, 5.74) is 1.09. The molecule has 1 N–H and O–H groups in total. The van der Waals surface area contributed by atoms with Crippen molar-refractivity contribution in [3.05, 3.63) is 33.4 Å². The molecule has 2 atom stereocenters. The lowest BCUT2D eigenvalue weighted by atomic mass is 10.1. The fraction of sp³-hybridized carbons (Fsp3) is 0.429. The van der Waals surface area contributed by atoms with Gasteiger partial charge in [-0.2, -0.15) is 0 Å². The number of amides is 2. The third-order valence-corrected chi connectivity index (χ3v) is 4.03. The fourth-order valence-corrected chi connectivity index (χ4v) is 2.59. The van der Waals surface area contributed by atoms with Gasteiger partial charge in [-0.25, -0.2) is 0 Å². The molecule has 2 amide bonds. The summed E-state index contributed by atoms with van der Waals surface area (Å²) in [6.07, 6.45) is 0.362. The molecule has 19 heavy (non-hydrogen) atoms. The van der Waals surface area contributed by atoms with Crippen LogP contribution in [0.4, 0.5) is 0 Å². The number of carbonyl (C=O) groups excluding carboxylic acids is 2. The number of halogens is 1. The van der Waals surface area contributed by atoms with E-state index in [0.29, 0.717) is 13.0 Å². The Hall–Kier alpha value is -1.11. The predicted octanol–water partition coefficient (Wildman–Crippen LogP) is 1.92. The largest absolute Gasteiger partial charge is 0.345 e. The van der Waals surface area contributed by atoms with E-state index < -0.39 is 6.04 Å². The van der Waals surface area contributed by atoms with Gasteiger partial charge in [-0.3, -0.25) is 9.59 Å². The van der Waals surface area contributed by atoms with Gasteiger partial charge in [0.25, 0.3) is 0 Å². The molecule has 0 aliphatic carbocycles. The summed E-state index contributed by atoms with van der Waals surface area (Å²) >= 11 is 2.25. The monoisotopic (exact) mass is 372 g/mol. The molecule has 1 saturated heterocycles. The fourth-order valence-electron chi connectivity index (χ4n) is 2.23. The van der Waals surface area contributed by atoms with Crippen LogP contribution in [0.5, 0.6) is 0 Å². The van der Waals surface area contributed by atoms with Crippen LogP contribution >= 0.6 is 22.6 Å². The Morgan fingerprint density at radius 1 is 1.26 bits per heavy atom. The molecule has 0 bridgehead atoms. The maximum absolute atomic E-state index is 12.3. The van der Waals surface area contributed by atoms with Crippen LogP contribution in [-0.4, -0.2) is 28.8 Å². The highest BCUT2D eigenvalue weighted by Crippen LogP contribution is 2.16. The SMILES string of the molecule is CC1NC(=O)CC(C)N(Cc2ccc(I)cc2)C1=O. The Morgan fingerprint density at radius 3 is 2.53 bits per heavy atom. The summed E-state index contributed by atoms with van der Waals surface area (Å²) in [7, 11) is 0. The Kier molecular flexibility index (Phi) is 4.44. The predicted molar refractivity (Wildman–Crippen MR) is 81.4 cm³/mol. The van der Waals surface area contributed by atoms with Crippen molar-refractivity contribution in [3.8, 4) is 0 Å². The lowest BCUT2D eigenvalue weighted by Crippen LogP contribution is -2.44. The molecule has 0 saturated carbocycles. The molecule has 5 heteroatoms. The summed E-state index contributed by atoms with van der Waals surface area (Å²) in [6.45, 7) is 4.21. The average molecular weight is 372 g/mol. The van der Waals surface area contributed by atoms with Gasteiger partial charge in [0.2, 0.25) is 11.8 Å². The van der Waals surface area contributed by atoms with Crippen LogP contribution in [0.15, 0.2) is 24.3 Å². The minimum absolute atomic E-state index is 0.0168. The van der Waals surface area contributed by atoms with Gasteiger partial charge < -0.3 is 10.2 Å². The molecule has 1 fully saturated rings. The number of nitrogens with one attached hydrogen (secondary N) is 1. The van der Waals surface area contributed by atoms with Crippen molar-refractivity contribution in [3.63, 3.8) is 0 Å². The van der Waals surface area contributed by atoms with E-state index in [9.17, 15) is 9.59 Å². The highest BCUT2D eigenvalue weighted by molar-refractivity contribution is 14.1. The molecule has 2 rings (SSSR count). The lowest BCUT2D eigenvalue weighted by molar-refractivity contribution is -0.135. The molecule has 0 radical (unpaired) electrons. The molecule has 1 heterocycles. The first-order chi connectivity index (χ1) is 8.97. The van der Waals surface area contributed by atoms with Gasteiger partial charge in [0.15, 0.2) is 0 Å². The van der Waals surface area contributed by atoms with Crippen molar-refractivity contribution in [1.82, 2.24) is 10.2 Å². The molecule has 1 aliphatic heterocycles. The Balaban J connectivity index is 2.18. The van der Waals surface area contributed by atoms with Gasteiger partial charge in [0, 0.05) is 22.6 Å². The molecule has 4 nitrogen and oxygen atoms in total. The maximum Gasteiger partial charge on any atom is 0.245 e. The van der Waals surface area contributed by atoms with Gasteiger partial charge in [0.05, 0.1) is 0 Å². The van der Waals surface area contributed by atoms with Gasteiger partial charge in [-0.05, 0) is 54.1 Å². The zero-order valence-electron chi connectivity index (χ0n) is 11.0. The van der Waals surface area contributed by atoms with Crippen molar-refractivity contribution in [2.24, 2.45) is 0 Å². The first-order valence-corrected chi connectivity index (χ1v) is 7.39. The van der Waals surface area contributed by atoms with Gasteiger partial charge in [0.1, 0.15) is 6.04 Å². The van der Waals surface area contributed by atoms with E-state index in [1.165, 1.54) is 3.57 Å². The van der Waals surface area contributed by atoms with Crippen LogP contribution in [0.2, 0.25) is 0 Å². The van der Waals surface area contributed by atoms with Crippen molar-refractivity contribution >= 4 is 34.4 Å². The first kappa shape index (κ1) is 14.3. The summed E-state index contributed by atoms with van der Waals surface area (Å²) in [5, 5.41) is 2.72. The molecule has 2 unspecified atom stereocenters. The summed E-state index contributed by atoms with van der Waals surface area (Å²) in [5.74, 6) is -0.0737. The van der Waals surface area contributed by atoms with Crippen molar-refractivity contribution < 1.29 is 9.59 Å². The number of benzene rings is 1. The zero-order chi connectivity index (χ0) is 14.0. The van der Waals surface area contributed by atoms with Crippen molar-refractivity contribution in [2.45, 2.75) is 38.9 Å². The number of rotatable bonds is 2. The van der Waals surface area contributed by atoms with Crippen LogP contribution in [0.25, 0.3) is 0 Å². The second-order valence-corrected chi connectivity index (χ2v) is 6.18. The normalized spacial score (nSPS) is 24.1. The summed E-state index contributed by atoms with van der Waals surface area (Å²) in [4.78, 5) is 25.7. The van der Waals surface area contributed by atoms with Crippen LogP contribution in [0.3, 0.4) is 0 Å². The lowest BCUT2D eigenvalue weighted by Gasteiger charge is -2.28. The molecular weight excluding hydrogens is 355 g/mol. The molecule has 102 valence electrons. The highest BCUT2D eigenvalue weighted by Gasteiger charge is 2.31. The first-order valence-electron chi connectivity index (χ1n) is 6.31. The molecular formula is C14H17IN2O2. The van der Waals surface area contributed by atoms with Gasteiger partial charge >= 0.3 is 0 Å². The zero-order valence-corrected chi connectivity index (χ0v) is 13.2. The second kappa shape index (κ2) is 5.90. The molecule has 1 aromatic rings. The number of nitrogens with zero attached hydrogens (tertiary/aromatic N) is 1. The quantitative estimate of drug-likeness (QED) is 0.807. The summed E-state index contributed by atoms with van der Waals surface area (Å²) in [6, 6.07) is 7.57. The Morgan fingerprint density at radius 2 is 1.89 bits per heavy atom. The van der Waals surface area contributed by atoms with Crippen LogP contribution in [-0.2, 0) is 16.1 Å².